The van der Waals surface area contributed by atoms with Crippen LogP contribution in [0.15, 0.2) is 52.9 Å². The fraction of sp³-hybridized carbons (Fsp3) is 0.125. The number of Topliss-reactive ketones (excluding diaryl/α,β-unsaturated/α-hetero) is 1. The second kappa shape index (κ2) is 4.69. The molecule has 0 spiro atoms. The summed E-state index contributed by atoms with van der Waals surface area (Å²) in [5.41, 5.74) is 3.27. The fourth-order valence-electron chi connectivity index (χ4n) is 2.04. The van der Waals surface area contributed by atoms with Gasteiger partial charge in [0.2, 0.25) is 0 Å². The molecular formula is C16H13NO2. The van der Waals surface area contributed by atoms with E-state index in [1.54, 1.807) is 25.1 Å². The fourth-order valence-corrected chi connectivity index (χ4v) is 2.04. The number of aromatic nitrogens is 1. The summed E-state index contributed by atoms with van der Waals surface area (Å²) in [5, 5.41) is 0. The zero-order valence-electron chi connectivity index (χ0n) is 10.6. The summed E-state index contributed by atoms with van der Waals surface area (Å²) in [4.78, 5) is 15.8. The number of carbonyl (C=O) groups excluding carboxylic acids is 1. The van der Waals surface area contributed by atoms with Gasteiger partial charge in [-0.25, -0.2) is 4.98 Å². The van der Waals surface area contributed by atoms with E-state index < -0.39 is 0 Å². The molecule has 0 bridgehead atoms. The Morgan fingerprint density at radius 1 is 1.16 bits per heavy atom. The summed E-state index contributed by atoms with van der Waals surface area (Å²) >= 11 is 0. The first kappa shape index (κ1) is 11.7. The molecule has 19 heavy (non-hydrogen) atoms. The van der Waals surface area contributed by atoms with Gasteiger partial charge in [-0.1, -0.05) is 30.3 Å². The molecule has 94 valence electrons. The van der Waals surface area contributed by atoms with Crippen LogP contribution in [0.1, 0.15) is 28.7 Å². The summed E-state index contributed by atoms with van der Waals surface area (Å²) < 4.78 is 5.68. The number of ketones is 1. The highest BCUT2D eigenvalue weighted by Gasteiger charge is 2.08. The minimum Gasteiger partial charge on any atom is -0.440 e. The van der Waals surface area contributed by atoms with Crippen LogP contribution in [-0.2, 0) is 6.42 Å². The van der Waals surface area contributed by atoms with Crippen molar-refractivity contribution in [3.05, 3.63) is 65.5 Å². The number of nitrogens with zero attached hydrogens (tertiary/aromatic N) is 1. The van der Waals surface area contributed by atoms with Gasteiger partial charge in [-0.05, 0) is 30.7 Å². The van der Waals surface area contributed by atoms with E-state index in [0.29, 0.717) is 17.9 Å². The molecule has 0 fully saturated rings. The average molecular weight is 251 g/mol. The number of hydrogen-bond donors (Lipinski definition) is 0. The molecule has 1 heterocycles. The van der Waals surface area contributed by atoms with E-state index in [9.17, 15) is 4.79 Å². The zero-order chi connectivity index (χ0) is 13.2. The molecular weight excluding hydrogens is 238 g/mol. The Labute approximate surface area is 110 Å². The van der Waals surface area contributed by atoms with Gasteiger partial charge in [0.15, 0.2) is 17.3 Å². The molecule has 3 heteroatoms. The minimum atomic E-state index is 0.0366. The molecule has 0 radical (unpaired) electrons. The molecule has 0 saturated carbocycles. The van der Waals surface area contributed by atoms with E-state index >= 15 is 0 Å². The Balaban J connectivity index is 1.95. The lowest BCUT2D eigenvalue weighted by molar-refractivity contribution is 0.101. The van der Waals surface area contributed by atoms with Gasteiger partial charge in [0.05, 0.1) is 0 Å². The first-order chi connectivity index (χ1) is 9.22. The number of benzene rings is 2. The molecule has 0 saturated heterocycles. The number of oxazole rings is 1. The minimum absolute atomic E-state index is 0.0366. The lowest BCUT2D eigenvalue weighted by atomic mass is 10.1. The molecule has 0 amide bonds. The lowest BCUT2D eigenvalue weighted by Crippen LogP contribution is -1.90. The molecule has 0 aliphatic rings. The molecule has 3 nitrogen and oxygen atoms in total. The maximum atomic E-state index is 11.3. The first-order valence-electron chi connectivity index (χ1n) is 6.17. The van der Waals surface area contributed by atoms with E-state index in [1.165, 1.54) is 0 Å². The van der Waals surface area contributed by atoms with Crippen molar-refractivity contribution in [3.8, 4) is 0 Å². The SMILES string of the molecule is CC(=O)c1ccc2oc(Cc3ccccc3)nc2c1. The summed E-state index contributed by atoms with van der Waals surface area (Å²) in [6.45, 7) is 1.55. The van der Waals surface area contributed by atoms with Crippen LogP contribution in [0.25, 0.3) is 11.1 Å². The van der Waals surface area contributed by atoms with Gasteiger partial charge in [0, 0.05) is 12.0 Å². The van der Waals surface area contributed by atoms with Gasteiger partial charge in [-0.15, -0.1) is 0 Å². The Kier molecular flexibility index (Phi) is 2.88. The van der Waals surface area contributed by atoms with Crippen LogP contribution < -0.4 is 0 Å². The van der Waals surface area contributed by atoms with Gasteiger partial charge in [-0.2, -0.15) is 0 Å². The monoisotopic (exact) mass is 251 g/mol. The van der Waals surface area contributed by atoms with Crippen molar-refractivity contribution >= 4 is 16.9 Å². The molecule has 0 unspecified atom stereocenters. The average Bonchev–Trinajstić information content (AvgIpc) is 2.80. The van der Waals surface area contributed by atoms with Crippen molar-refractivity contribution in [3.63, 3.8) is 0 Å². The second-order valence-electron chi connectivity index (χ2n) is 4.51. The third-order valence-electron chi connectivity index (χ3n) is 3.04. The predicted octanol–water partition coefficient (Wildman–Crippen LogP) is 3.62. The quantitative estimate of drug-likeness (QED) is 0.668. The highest BCUT2D eigenvalue weighted by molar-refractivity contribution is 5.96. The summed E-state index contributed by atoms with van der Waals surface area (Å²) in [6, 6.07) is 15.4. The smallest absolute Gasteiger partial charge is 0.199 e. The van der Waals surface area contributed by atoms with E-state index in [2.05, 4.69) is 4.98 Å². The van der Waals surface area contributed by atoms with E-state index in [0.717, 1.165) is 16.7 Å². The standard InChI is InChI=1S/C16H13NO2/c1-11(18)13-7-8-15-14(10-13)17-16(19-15)9-12-5-3-2-4-6-12/h2-8,10H,9H2,1H3. The van der Waals surface area contributed by atoms with Crippen LogP contribution in [0.2, 0.25) is 0 Å². The normalized spacial score (nSPS) is 10.8. The molecule has 0 aliphatic heterocycles. The number of rotatable bonds is 3. The third-order valence-corrected chi connectivity index (χ3v) is 3.04. The lowest BCUT2D eigenvalue weighted by Gasteiger charge is -1.94. The van der Waals surface area contributed by atoms with Crippen LogP contribution >= 0.6 is 0 Å². The Morgan fingerprint density at radius 2 is 1.95 bits per heavy atom. The van der Waals surface area contributed by atoms with Gasteiger partial charge in [0.1, 0.15) is 5.52 Å². The topological polar surface area (TPSA) is 43.1 Å². The van der Waals surface area contributed by atoms with Crippen LogP contribution in [-0.4, -0.2) is 10.8 Å². The molecule has 0 aliphatic carbocycles. The maximum Gasteiger partial charge on any atom is 0.199 e. The largest absolute Gasteiger partial charge is 0.440 e. The zero-order valence-corrected chi connectivity index (χ0v) is 10.6. The van der Waals surface area contributed by atoms with Crippen LogP contribution in [0, 0.1) is 0 Å². The third kappa shape index (κ3) is 2.40. The molecule has 2 aromatic carbocycles. The van der Waals surface area contributed by atoms with Crippen molar-refractivity contribution in [1.82, 2.24) is 4.98 Å². The van der Waals surface area contributed by atoms with Crippen LogP contribution in [0.4, 0.5) is 0 Å². The van der Waals surface area contributed by atoms with Crippen LogP contribution in [0.5, 0.6) is 0 Å². The van der Waals surface area contributed by atoms with Crippen molar-refractivity contribution in [1.29, 1.82) is 0 Å². The molecule has 1 aromatic heterocycles. The highest BCUT2D eigenvalue weighted by atomic mass is 16.3. The number of carbonyl (C=O) groups is 1. The highest BCUT2D eigenvalue weighted by Crippen LogP contribution is 2.19. The predicted molar refractivity (Wildman–Crippen MR) is 73.3 cm³/mol. The Bertz CT molecular complexity index is 729. The van der Waals surface area contributed by atoms with E-state index in [4.69, 9.17) is 4.42 Å². The van der Waals surface area contributed by atoms with Crippen molar-refractivity contribution in [2.75, 3.05) is 0 Å². The number of hydrogen-bond acceptors (Lipinski definition) is 3. The van der Waals surface area contributed by atoms with E-state index in [-0.39, 0.29) is 5.78 Å². The van der Waals surface area contributed by atoms with Gasteiger partial charge < -0.3 is 4.42 Å². The molecule has 0 N–H and O–H groups in total. The van der Waals surface area contributed by atoms with Crippen molar-refractivity contribution in [2.45, 2.75) is 13.3 Å². The van der Waals surface area contributed by atoms with Gasteiger partial charge in [-0.3, -0.25) is 4.79 Å². The summed E-state index contributed by atoms with van der Waals surface area (Å²) in [6.07, 6.45) is 0.658. The van der Waals surface area contributed by atoms with Crippen LogP contribution in [0.3, 0.4) is 0 Å². The first-order valence-corrected chi connectivity index (χ1v) is 6.17. The van der Waals surface area contributed by atoms with Gasteiger partial charge in [0.25, 0.3) is 0 Å². The molecule has 3 aromatic rings. The second-order valence-corrected chi connectivity index (χ2v) is 4.51. The Hall–Kier alpha value is -2.42. The summed E-state index contributed by atoms with van der Waals surface area (Å²) in [5.74, 6) is 0.705. The van der Waals surface area contributed by atoms with Gasteiger partial charge >= 0.3 is 0 Å². The maximum absolute atomic E-state index is 11.3. The number of fused-ring (bicyclic) bond motifs is 1. The van der Waals surface area contributed by atoms with E-state index in [1.807, 2.05) is 30.3 Å². The Morgan fingerprint density at radius 3 is 2.68 bits per heavy atom. The molecule has 3 rings (SSSR count). The summed E-state index contributed by atoms with van der Waals surface area (Å²) in [7, 11) is 0. The molecule has 0 atom stereocenters. The van der Waals surface area contributed by atoms with Crippen molar-refractivity contribution < 1.29 is 9.21 Å². The van der Waals surface area contributed by atoms with Crippen molar-refractivity contribution in [2.24, 2.45) is 0 Å².